The van der Waals surface area contributed by atoms with Crippen molar-refractivity contribution in [2.45, 2.75) is 36.6 Å². The first-order valence-corrected chi connectivity index (χ1v) is 9.46. The highest BCUT2D eigenvalue weighted by Crippen LogP contribution is 2.27. The molecule has 1 amide bonds. The normalized spacial score (nSPS) is 19.8. The van der Waals surface area contributed by atoms with E-state index in [1.54, 1.807) is 0 Å². The number of hydrogen-bond acceptors (Lipinski definition) is 4. The summed E-state index contributed by atoms with van der Waals surface area (Å²) >= 11 is 0. The van der Waals surface area contributed by atoms with Crippen molar-refractivity contribution < 1.29 is 23.1 Å². The summed E-state index contributed by atoms with van der Waals surface area (Å²) in [4.78, 5) is 23.1. The summed E-state index contributed by atoms with van der Waals surface area (Å²) in [7, 11) is -3.88. The van der Waals surface area contributed by atoms with Crippen molar-refractivity contribution in [1.29, 1.82) is 0 Å². The lowest BCUT2D eigenvalue weighted by Crippen LogP contribution is -2.43. The van der Waals surface area contributed by atoms with Gasteiger partial charge in [0, 0.05) is 25.0 Å². The van der Waals surface area contributed by atoms with Crippen molar-refractivity contribution in [3.05, 3.63) is 29.8 Å². The van der Waals surface area contributed by atoms with Crippen LogP contribution in [0.1, 0.15) is 36.0 Å². The van der Waals surface area contributed by atoms with Crippen LogP contribution < -0.4 is 5.32 Å². The molecule has 1 aromatic carbocycles. The molecule has 2 aliphatic rings. The number of rotatable bonds is 5. The van der Waals surface area contributed by atoms with Gasteiger partial charge in [-0.3, -0.25) is 4.79 Å². The average Bonchev–Trinajstić information content (AvgIpc) is 3.39. The number of hydrogen-bond donors (Lipinski definition) is 2. The molecule has 1 aliphatic carbocycles. The quantitative estimate of drug-likeness (QED) is 0.825. The van der Waals surface area contributed by atoms with E-state index in [-0.39, 0.29) is 35.4 Å². The molecule has 1 saturated carbocycles. The monoisotopic (exact) mass is 352 g/mol. The zero-order valence-electron chi connectivity index (χ0n) is 13.1. The fourth-order valence-corrected chi connectivity index (χ4v) is 4.57. The van der Waals surface area contributed by atoms with Crippen LogP contribution in [-0.2, 0) is 14.8 Å². The van der Waals surface area contributed by atoms with Crippen molar-refractivity contribution in [3.8, 4) is 0 Å². The van der Waals surface area contributed by atoms with Gasteiger partial charge in [-0.15, -0.1) is 0 Å². The third-order valence-electron chi connectivity index (χ3n) is 4.48. The summed E-state index contributed by atoms with van der Waals surface area (Å²) in [6, 6.07) is 5.89. The van der Waals surface area contributed by atoms with Gasteiger partial charge in [-0.25, -0.2) is 13.2 Å². The Balaban J connectivity index is 1.71. The summed E-state index contributed by atoms with van der Waals surface area (Å²) in [5, 5.41) is 12.1. The lowest BCUT2D eigenvalue weighted by Gasteiger charge is -2.30. The molecule has 0 spiro atoms. The van der Waals surface area contributed by atoms with Crippen molar-refractivity contribution in [3.63, 3.8) is 0 Å². The van der Waals surface area contributed by atoms with Crippen LogP contribution >= 0.6 is 0 Å². The second kappa shape index (κ2) is 6.52. The van der Waals surface area contributed by atoms with Gasteiger partial charge in [-0.05, 0) is 37.8 Å². The van der Waals surface area contributed by atoms with E-state index in [0.717, 1.165) is 12.8 Å². The lowest BCUT2D eigenvalue weighted by molar-refractivity contribution is -0.126. The molecule has 0 unspecified atom stereocenters. The highest BCUT2D eigenvalue weighted by molar-refractivity contribution is 7.89. The first kappa shape index (κ1) is 16.9. The van der Waals surface area contributed by atoms with E-state index in [1.807, 2.05) is 0 Å². The van der Waals surface area contributed by atoms with E-state index >= 15 is 0 Å². The summed E-state index contributed by atoms with van der Waals surface area (Å²) in [6.07, 6.45) is 2.94. The van der Waals surface area contributed by atoms with E-state index < -0.39 is 16.0 Å². The van der Waals surface area contributed by atoms with Crippen LogP contribution in [0.2, 0.25) is 0 Å². The predicted molar refractivity (Wildman–Crippen MR) is 86.0 cm³/mol. The molecule has 1 aromatic rings. The number of carboxylic acid groups (broad SMARTS) is 1. The molecule has 130 valence electrons. The molecule has 8 heteroatoms. The average molecular weight is 352 g/mol. The van der Waals surface area contributed by atoms with Gasteiger partial charge >= 0.3 is 5.97 Å². The standard InChI is InChI=1S/C16H20N2O5S/c19-15(17-12-5-6-12)11-7-9-18(10-8-11)24(22,23)14-4-2-1-3-13(14)16(20)21/h1-4,11-12H,5-10H2,(H,17,19)(H,20,21). The van der Waals surface area contributed by atoms with Gasteiger partial charge in [-0.2, -0.15) is 4.31 Å². The molecule has 2 N–H and O–H groups in total. The lowest BCUT2D eigenvalue weighted by atomic mass is 9.97. The molecule has 24 heavy (non-hydrogen) atoms. The number of carbonyl (C=O) groups is 2. The smallest absolute Gasteiger partial charge is 0.337 e. The minimum absolute atomic E-state index is 0.000448. The van der Waals surface area contributed by atoms with Crippen LogP contribution in [0, 0.1) is 5.92 Å². The van der Waals surface area contributed by atoms with Crippen molar-refractivity contribution >= 4 is 21.9 Å². The predicted octanol–water partition coefficient (Wildman–Crippen LogP) is 1.06. The summed E-state index contributed by atoms with van der Waals surface area (Å²) < 4.78 is 26.8. The highest BCUT2D eigenvalue weighted by Gasteiger charge is 2.35. The molecule has 1 aliphatic heterocycles. The Morgan fingerprint density at radius 3 is 2.29 bits per heavy atom. The Bertz CT molecular complexity index is 749. The van der Waals surface area contributed by atoms with E-state index in [0.29, 0.717) is 18.9 Å². The van der Waals surface area contributed by atoms with E-state index in [1.165, 1.54) is 28.6 Å². The van der Waals surface area contributed by atoms with Crippen molar-refractivity contribution in [2.75, 3.05) is 13.1 Å². The van der Waals surface area contributed by atoms with Crippen LogP contribution in [0.15, 0.2) is 29.2 Å². The number of benzene rings is 1. The molecule has 2 fully saturated rings. The maximum atomic E-state index is 12.7. The van der Waals surface area contributed by atoms with Gasteiger partial charge in [0.1, 0.15) is 0 Å². The van der Waals surface area contributed by atoms with Gasteiger partial charge in [-0.1, -0.05) is 12.1 Å². The zero-order valence-corrected chi connectivity index (χ0v) is 14.0. The Hall–Kier alpha value is -1.93. The molecule has 1 saturated heterocycles. The number of carbonyl (C=O) groups excluding carboxylic acids is 1. The SMILES string of the molecule is O=C(O)c1ccccc1S(=O)(=O)N1CCC(C(=O)NC2CC2)CC1. The maximum Gasteiger partial charge on any atom is 0.337 e. The van der Waals surface area contributed by atoms with E-state index in [9.17, 15) is 23.1 Å². The Morgan fingerprint density at radius 1 is 1.08 bits per heavy atom. The molecule has 0 atom stereocenters. The number of piperidine rings is 1. The summed E-state index contributed by atoms with van der Waals surface area (Å²) in [6.45, 7) is 0.443. The Morgan fingerprint density at radius 2 is 1.71 bits per heavy atom. The number of amides is 1. The molecular weight excluding hydrogens is 332 g/mol. The largest absolute Gasteiger partial charge is 0.478 e. The summed E-state index contributed by atoms with van der Waals surface area (Å²) in [5.41, 5.74) is -0.230. The second-order valence-corrected chi connectivity index (χ2v) is 8.17. The Labute approximate surface area is 140 Å². The van der Waals surface area contributed by atoms with Gasteiger partial charge in [0.15, 0.2) is 0 Å². The first-order valence-electron chi connectivity index (χ1n) is 8.02. The van der Waals surface area contributed by atoms with Crippen LogP contribution in [0.25, 0.3) is 0 Å². The van der Waals surface area contributed by atoms with Crippen molar-refractivity contribution in [2.24, 2.45) is 5.92 Å². The second-order valence-electron chi connectivity index (χ2n) is 6.26. The van der Waals surface area contributed by atoms with Gasteiger partial charge < -0.3 is 10.4 Å². The first-order chi connectivity index (χ1) is 11.4. The Kier molecular flexibility index (Phi) is 4.60. The highest BCUT2D eigenvalue weighted by atomic mass is 32.2. The van der Waals surface area contributed by atoms with Crippen LogP contribution in [0.3, 0.4) is 0 Å². The molecule has 0 radical (unpaired) electrons. The molecule has 0 bridgehead atoms. The number of aromatic carboxylic acids is 1. The zero-order chi connectivity index (χ0) is 17.3. The summed E-state index contributed by atoms with van der Waals surface area (Å²) in [5.74, 6) is -1.44. The number of nitrogens with zero attached hydrogens (tertiary/aromatic N) is 1. The van der Waals surface area contributed by atoms with Gasteiger partial charge in [0.05, 0.1) is 10.5 Å². The third kappa shape index (κ3) is 3.44. The van der Waals surface area contributed by atoms with Crippen LogP contribution in [0.4, 0.5) is 0 Å². The molecule has 7 nitrogen and oxygen atoms in total. The molecule has 0 aromatic heterocycles. The van der Waals surface area contributed by atoms with Gasteiger partial charge in [0.25, 0.3) is 0 Å². The minimum atomic E-state index is -3.88. The van der Waals surface area contributed by atoms with E-state index in [4.69, 9.17) is 0 Å². The van der Waals surface area contributed by atoms with Crippen LogP contribution in [0.5, 0.6) is 0 Å². The fourth-order valence-electron chi connectivity index (χ4n) is 2.91. The minimum Gasteiger partial charge on any atom is -0.478 e. The maximum absolute atomic E-state index is 12.7. The fraction of sp³-hybridized carbons (Fsp3) is 0.500. The van der Waals surface area contributed by atoms with Crippen LogP contribution in [-0.4, -0.2) is 48.8 Å². The molecule has 1 heterocycles. The third-order valence-corrected chi connectivity index (χ3v) is 6.44. The van der Waals surface area contributed by atoms with E-state index in [2.05, 4.69) is 5.32 Å². The number of sulfonamides is 1. The van der Waals surface area contributed by atoms with Gasteiger partial charge in [0.2, 0.25) is 15.9 Å². The molecule has 3 rings (SSSR count). The number of nitrogens with one attached hydrogen (secondary N) is 1. The molecular formula is C16H20N2O5S. The van der Waals surface area contributed by atoms with Crippen molar-refractivity contribution in [1.82, 2.24) is 9.62 Å². The number of carboxylic acids is 1. The topological polar surface area (TPSA) is 104 Å².